The third-order valence-electron chi connectivity index (χ3n) is 1.68. The van der Waals surface area contributed by atoms with Crippen molar-refractivity contribution in [2.24, 2.45) is 5.73 Å². The van der Waals surface area contributed by atoms with Crippen LogP contribution in [0, 0.1) is 5.41 Å². The molecule has 0 aliphatic heterocycles. The van der Waals surface area contributed by atoms with Crippen LogP contribution in [0.4, 0.5) is 13.2 Å². The van der Waals surface area contributed by atoms with Gasteiger partial charge < -0.3 is 10.5 Å². The Morgan fingerprint density at radius 3 is 2.20 bits per heavy atom. The number of alkyl halides is 3. The molecule has 15 heavy (non-hydrogen) atoms. The predicted octanol–water partition coefficient (Wildman–Crippen LogP) is 2.12. The molecule has 1 rings (SSSR count). The van der Waals surface area contributed by atoms with Crippen LogP contribution in [0.5, 0.6) is 0 Å². The van der Waals surface area contributed by atoms with Gasteiger partial charge in [0.05, 0.1) is 5.56 Å². The van der Waals surface area contributed by atoms with E-state index in [-0.39, 0.29) is 6.61 Å². The fourth-order valence-electron chi connectivity index (χ4n) is 0.951. The second-order valence-corrected chi connectivity index (χ2v) is 2.85. The van der Waals surface area contributed by atoms with E-state index in [4.69, 9.17) is 11.1 Å². The van der Waals surface area contributed by atoms with E-state index in [0.717, 1.165) is 12.1 Å². The Balaban J connectivity index is 2.69. The van der Waals surface area contributed by atoms with Gasteiger partial charge in [0.1, 0.15) is 6.61 Å². The maximum atomic E-state index is 12.1. The van der Waals surface area contributed by atoms with Crippen molar-refractivity contribution in [3.05, 3.63) is 35.4 Å². The van der Waals surface area contributed by atoms with E-state index in [0.29, 0.717) is 5.56 Å². The zero-order valence-electron chi connectivity index (χ0n) is 7.64. The van der Waals surface area contributed by atoms with Crippen molar-refractivity contribution in [1.82, 2.24) is 0 Å². The van der Waals surface area contributed by atoms with Crippen LogP contribution in [0.25, 0.3) is 0 Å². The highest BCUT2D eigenvalue weighted by Gasteiger charge is 2.29. The number of hydrogen-bond acceptors (Lipinski definition) is 2. The molecule has 0 bridgehead atoms. The van der Waals surface area contributed by atoms with Crippen molar-refractivity contribution < 1.29 is 17.9 Å². The monoisotopic (exact) mass is 218 g/mol. The van der Waals surface area contributed by atoms with Gasteiger partial charge in [-0.25, -0.2) is 0 Å². The molecule has 0 aromatic heterocycles. The number of benzene rings is 1. The number of ether oxygens (including phenoxy) is 1. The summed E-state index contributed by atoms with van der Waals surface area (Å²) < 4.78 is 41.1. The van der Waals surface area contributed by atoms with Crippen LogP contribution >= 0.6 is 0 Å². The van der Waals surface area contributed by atoms with Gasteiger partial charge >= 0.3 is 6.18 Å². The quantitative estimate of drug-likeness (QED) is 0.590. The van der Waals surface area contributed by atoms with Gasteiger partial charge in [0, 0.05) is 0 Å². The smallest absolute Gasteiger partial charge is 0.416 e. The summed E-state index contributed by atoms with van der Waals surface area (Å²) >= 11 is 0. The molecule has 82 valence electrons. The van der Waals surface area contributed by atoms with Gasteiger partial charge in [0.2, 0.25) is 0 Å². The molecule has 0 aliphatic rings. The predicted molar refractivity (Wildman–Crippen MR) is 48.1 cm³/mol. The molecule has 6 heteroatoms. The molecule has 0 radical (unpaired) electrons. The SMILES string of the molecule is N=C(N)OCc1ccc(C(F)(F)F)cc1. The molecular weight excluding hydrogens is 209 g/mol. The van der Waals surface area contributed by atoms with Crippen LogP contribution in [0.2, 0.25) is 0 Å². The highest BCUT2D eigenvalue weighted by molar-refractivity contribution is 5.67. The fourth-order valence-corrected chi connectivity index (χ4v) is 0.951. The third kappa shape index (κ3) is 3.49. The van der Waals surface area contributed by atoms with Crippen molar-refractivity contribution in [3.63, 3.8) is 0 Å². The molecule has 3 N–H and O–H groups in total. The van der Waals surface area contributed by atoms with Crippen molar-refractivity contribution in [1.29, 1.82) is 5.41 Å². The topological polar surface area (TPSA) is 59.1 Å². The zero-order chi connectivity index (χ0) is 11.5. The highest BCUT2D eigenvalue weighted by atomic mass is 19.4. The minimum atomic E-state index is -4.33. The Morgan fingerprint density at radius 2 is 1.80 bits per heavy atom. The Labute approximate surface area is 84.2 Å². The number of amidine groups is 1. The maximum Gasteiger partial charge on any atom is 0.416 e. The molecule has 3 nitrogen and oxygen atoms in total. The summed E-state index contributed by atoms with van der Waals surface area (Å²) in [7, 11) is 0. The minimum absolute atomic E-state index is 0.00648. The number of halogens is 3. The number of rotatable bonds is 2. The van der Waals surface area contributed by atoms with Gasteiger partial charge in [-0.1, -0.05) is 12.1 Å². The Morgan fingerprint density at radius 1 is 1.27 bits per heavy atom. The number of hydrogen-bond donors (Lipinski definition) is 2. The van der Waals surface area contributed by atoms with E-state index in [1.807, 2.05) is 0 Å². The van der Waals surface area contributed by atoms with Crippen molar-refractivity contribution >= 4 is 6.02 Å². The lowest BCUT2D eigenvalue weighted by atomic mass is 10.1. The van der Waals surface area contributed by atoms with Gasteiger partial charge in [0.15, 0.2) is 0 Å². The lowest BCUT2D eigenvalue weighted by molar-refractivity contribution is -0.137. The summed E-state index contributed by atoms with van der Waals surface area (Å²) in [5.74, 6) is 0. The van der Waals surface area contributed by atoms with E-state index >= 15 is 0 Å². The van der Waals surface area contributed by atoms with Crippen molar-refractivity contribution in [3.8, 4) is 0 Å². The molecule has 0 atom stereocenters. The van der Waals surface area contributed by atoms with E-state index in [1.54, 1.807) is 0 Å². The first kappa shape index (κ1) is 11.4. The van der Waals surface area contributed by atoms with Gasteiger partial charge in [-0.15, -0.1) is 0 Å². The van der Waals surface area contributed by atoms with Crippen molar-refractivity contribution in [2.75, 3.05) is 0 Å². The summed E-state index contributed by atoms with van der Waals surface area (Å²) in [6, 6.07) is 4.02. The van der Waals surface area contributed by atoms with Crippen molar-refractivity contribution in [2.45, 2.75) is 12.8 Å². The zero-order valence-corrected chi connectivity index (χ0v) is 7.64. The minimum Gasteiger partial charge on any atom is -0.461 e. The summed E-state index contributed by atoms with van der Waals surface area (Å²) in [5.41, 5.74) is 4.73. The van der Waals surface area contributed by atoms with Gasteiger partial charge in [0.25, 0.3) is 6.02 Å². The largest absolute Gasteiger partial charge is 0.461 e. The van der Waals surface area contributed by atoms with E-state index in [9.17, 15) is 13.2 Å². The summed E-state index contributed by atoms with van der Waals surface area (Å²) in [5, 5.41) is 6.76. The molecule has 0 saturated carbocycles. The normalized spacial score (nSPS) is 11.1. The summed E-state index contributed by atoms with van der Waals surface area (Å²) in [6.45, 7) is -0.00648. The van der Waals surface area contributed by atoms with Crippen LogP contribution < -0.4 is 5.73 Å². The van der Waals surface area contributed by atoms with Crippen LogP contribution in [-0.4, -0.2) is 6.02 Å². The molecule has 0 unspecified atom stereocenters. The van der Waals surface area contributed by atoms with Gasteiger partial charge in [-0.2, -0.15) is 13.2 Å². The average Bonchev–Trinajstić information content (AvgIpc) is 2.14. The van der Waals surface area contributed by atoms with Gasteiger partial charge in [-0.3, -0.25) is 5.41 Å². The van der Waals surface area contributed by atoms with Crippen LogP contribution in [0.15, 0.2) is 24.3 Å². The lowest BCUT2D eigenvalue weighted by Gasteiger charge is -2.07. The molecular formula is C9H9F3N2O. The van der Waals surface area contributed by atoms with E-state index < -0.39 is 17.8 Å². The first-order chi connectivity index (χ1) is 6.89. The number of nitrogens with two attached hydrogens (primary N) is 1. The molecule has 0 aliphatic carbocycles. The molecule has 1 aromatic rings. The summed E-state index contributed by atoms with van der Waals surface area (Å²) in [6.07, 6.45) is -4.33. The van der Waals surface area contributed by atoms with Crippen LogP contribution in [0.3, 0.4) is 0 Å². The molecule has 0 heterocycles. The molecule has 0 fully saturated rings. The Hall–Kier alpha value is -1.72. The average molecular weight is 218 g/mol. The summed E-state index contributed by atoms with van der Waals surface area (Å²) in [4.78, 5) is 0. The maximum absolute atomic E-state index is 12.1. The van der Waals surface area contributed by atoms with Crippen LogP contribution in [0.1, 0.15) is 11.1 Å². The fraction of sp³-hybridized carbons (Fsp3) is 0.222. The molecule has 1 aromatic carbocycles. The molecule has 0 saturated heterocycles. The first-order valence-electron chi connectivity index (χ1n) is 4.02. The molecule has 0 spiro atoms. The van der Waals surface area contributed by atoms with Crippen LogP contribution in [-0.2, 0) is 17.5 Å². The molecule has 0 amide bonds. The Kier molecular flexibility index (Phi) is 3.18. The number of nitrogens with one attached hydrogen (secondary N) is 1. The van der Waals surface area contributed by atoms with Gasteiger partial charge in [-0.05, 0) is 17.7 Å². The Bertz CT molecular complexity index is 345. The van der Waals surface area contributed by atoms with E-state index in [2.05, 4.69) is 4.74 Å². The third-order valence-corrected chi connectivity index (χ3v) is 1.68. The first-order valence-corrected chi connectivity index (χ1v) is 4.02. The standard InChI is InChI=1S/C9H9F3N2O/c10-9(11,12)7-3-1-6(2-4-7)5-15-8(13)14/h1-4H,5H2,(H3,13,14). The second kappa shape index (κ2) is 4.20. The second-order valence-electron chi connectivity index (χ2n) is 2.85. The highest BCUT2D eigenvalue weighted by Crippen LogP contribution is 2.29. The lowest BCUT2D eigenvalue weighted by Crippen LogP contribution is -2.13. The van der Waals surface area contributed by atoms with E-state index in [1.165, 1.54) is 12.1 Å².